The van der Waals surface area contributed by atoms with Gasteiger partial charge >= 0.3 is 0 Å². The highest BCUT2D eigenvalue weighted by Crippen LogP contribution is 2.31. The van der Waals surface area contributed by atoms with Gasteiger partial charge in [0, 0.05) is 49.2 Å². The Morgan fingerprint density at radius 2 is 1.86 bits per heavy atom. The van der Waals surface area contributed by atoms with Crippen LogP contribution >= 0.6 is 0 Å². The zero-order valence-electron chi connectivity index (χ0n) is 19.3. The molecule has 12 heteroatoms. The molecule has 0 radical (unpaired) electrons. The molecule has 1 aliphatic rings. The molecule has 1 fully saturated rings. The highest BCUT2D eigenvalue weighted by atomic mass is 32.2. The van der Waals surface area contributed by atoms with Crippen molar-refractivity contribution in [3.05, 3.63) is 72.3 Å². The zero-order chi connectivity index (χ0) is 25.3. The lowest BCUT2D eigenvalue weighted by atomic mass is 10.1. The number of imidazole rings is 1. The maximum atomic E-state index is 14.2. The fourth-order valence-electron chi connectivity index (χ4n) is 4.05. The largest absolute Gasteiger partial charge is 0.480 e. The fraction of sp³-hybridized carbons (Fsp3) is 0.250. The number of morpholine rings is 1. The van der Waals surface area contributed by atoms with Crippen LogP contribution in [-0.4, -0.2) is 61.1 Å². The van der Waals surface area contributed by atoms with Crippen LogP contribution in [0.2, 0.25) is 0 Å². The van der Waals surface area contributed by atoms with Crippen molar-refractivity contribution >= 4 is 21.4 Å². The highest BCUT2D eigenvalue weighted by molar-refractivity contribution is 7.92. The molecule has 0 amide bonds. The number of nitrogens with zero attached hydrogens (tertiary/aromatic N) is 4. The SMILES string of the molecule is COc1ncc(-c2ccc3ncc(CN4CCOCC4)n3c2)cc1NS(=O)(=O)c1ccc(F)cc1F. The van der Waals surface area contributed by atoms with Crippen LogP contribution in [-0.2, 0) is 21.3 Å². The van der Waals surface area contributed by atoms with E-state index in [0.29, 0.717) is 31.4 Å². The van der Waals surface area contributed by atoms with Gasteiger partial charge in [-0.3, -0.25) is 9.62 Å². The van der Waals surface area contributed by atoms with Gasteiger partial charge < -0.3 is 13.9 Å². The molecule has 1 N–H and O–H groups in total. The number of pyridine rings is 2. The van der Waals surface area contributed by atoms with E-state index in [4.69, 9.17) is 9.47 Å². The Hall–Kier alpha value is -3.61. The molecule has 1 aromatic carbocycles. The summed E-state index contributed by atoms with van der Waals surface area (Å²) in [6.45, 7) is 3.78. The quantitative estimate of drug-likeness (QED) is 0.403. The van der Waals surface area contributed by atoms with E-state index < -0.39 is 26.6 Å². The third-order valence-electron chi connectivity index (χ3n) is 5.88. The van der Waals surface area contributed by atoms with Crippen molar-refractivity contribution in [1.29, 1.82) is 0 Å². The topological polar surface area (TPSA) is 98.1 Å². The summed E-state index contributed by atoms with van der Waals surface area (Å²) >= 11 is 0. The van der Waals surface area contributed by atoms with Crippen LogP contribution < -0.4 is 9.46 Å². The lowest BCUT2D eigenvalue weighted by molar-refractivity contribution is 0.0335. The van der Waals surface area contributed by atoms with Gasteiger partial charge in [0.15, 0.2) is 0 Å². The van der Waals surface area contributed by atoms with E-state index in [0.717, 1.165) is 42.1 Å². The summed E-state index contributed by atoms with van der Waals surface area (Å²) in [6.07, 6.45) is 5.28. The highest BCUT2D eigenvalue weighted by Gasteiger charge is 2.22. The minimum absolute atomic E-state index is 0.00144. The second kappa shape index (κ2) is 9.80. The molecule has 4 heterocycles. The van der Waals surface area contributed by atoms with Gasteiger partial charge in [-0.1, -0.05) is 0 Å². The first-order valence-electron chi connectivity index (χ1n) is 11.1. The summed E-state index contributed by atoms with van der Waals surface area (Å²) in [5.41, 5.74) is 3.14. The van der Waals surface area contributed by atoms with Crippen LogP contribution in [0, 0.1) is 11.6 Å². The molecule has 0 spiro atoms. The predicted octanol–water partition coefficient (Wildman–Crippen LogP) is 3.32. The Morgan fingerprint density at radius 1 is 1.06 bits per heavy atom. The molecule has 1 aliphatic heterocycles. The average Bonchev–Trinajstić information content (AvgIpc) is 3.26. The van der Waals surface area contributed by atoms with Crippen molar-refractivity contribution < 1.29 is 26.7 Å². The molecule has 36 heavy (non-hydrogen) atoms. The maximum absolute atomic E-state index is 14.2. The van der Waals surface area contributed by atoms with Gasteiger partial charge in [0.05, 0.1) is 32.2 Å². The minimum atomic E-state index is -4.38. The van der Waals surface area contributed by atoms with Crippen LogP contribution in [0.5, 0.6) is 5.88 Å². The van der Waals surface area contributed by atoms with Crippen molar-refractivity contribution in [2.75, 3.05) is 38.1 Å². The smallest absolute Gasteiger partial charge is 0.264 e. The molecule has 0 aliphatic carbocycles. The van der Waals surface area contributed by atoms with E-state index in [1.54, 1.807) is 12.3 Å². The predicted molar refractivity (Wildman–Crippen MR) is 128 cm³/mol. The summed E-state index contributed by atoms with van der Waals surface area (Å²) < 4.78 is 68.0. The Kier molecular flexibility index (Phi) is 6.56. The summed E-state index contributed by atoms with van der Waals surface area (Å²) in [5.74, 6) is -2.08. The normalized spacial score (nSPS) is 14.8. The first-order chi connectivity index (χ1) is 17.3. The van der Waals surface area contributed by atoms with Gasteiger partial charge in [-0.05, 0) is 30.3 Å². The zero-order valence-corrected chi connectivity index (χ0v) is 20.1. The molecule has 0 unspecified atom stereocenters. The summed E-state index contributed by atoms with van der Waals surface area (Å²) in [4.78, 5) is 10.3. The maximum Gasteiger partial charge on any atom is 0.264 e. The Labute approximate surface area is 206 Å². The number of hydrogen-bond acceptors (Lipinski definition) is 7. The van der Waals surface area contributed by atoms with Gasteiger partial charge in [0.2, 0.25) is 5.88 Å². The lowest BCUT2D eigenvalue weighted by Crippen LogP contribution is -2.35. The van der Waals surface area contributed by atoms with Crippen molar-refractivity contribution in [3.8, 4) is 17.0 Å². The van der Waals surface area contributed by atoms with Crippen molar-refractivity contribution in [1.82, 2.24) is 19.3 Å². The number of rotatable bonds is 7. The molecule has 4 aromatic rings. The summed E-state index contributed by atoms with van der Waals surface area (Å²) in [5, 5.41) is 0. The lowest BCUT2D eigenvalue weighted by Gasteiger charge is -2.26. The standard InChI is InChI=1S/C24H23F2N5O4S/c1-34-24-21(29-36(32,33)22-4-3-18(25)11-20(22)26)10-17(12-28-24)16-2-5-23-27-13-19(31(23)14-16)15-30-6-8-35-9-7-30/h2-5,10-14,29H,6-9,15H2,1H3. The van der Waals surface area contributed by atoms with E-state index in [9.17, 15) is 17.2 Å². The molecule has 3 aromatic heterocycles. The molecule has 1 saturated heterocycles. The van der Waals surface area contributed by atoms with Crippen molar-refractivity contribution in [2.45, 2.75) is 11.4 Å². The van der Waals surface area contributed by atoms with E-state index in [1.807, 2.05) is 28.9 Å². The van der Waals surface area contributed by atoms with Crippen LogP contribution in [0.4, 0.5) is 14.5 Å². The van der Waals surface area contributed by atoms with E-state index >= 15 is 0 Å². The van der Waals surface area contributed by atoms with Gasteiger partial charge in [0.1, 0.15) is 27.9 Å². The second-order valence-electron chi connectivity index (χ2n) is 8.25. The van der Waals surface area contributed by atoms with Crippen LogP contribution in [0.1, 0.15) is 5.69 Å². The number of ether oxygens (including phenoxy) is 2. The van der Waals surface area contributed by atoms with Gasteiger partial charge in [-0.25, -0.2) is 27.2 Å². The number of benzene rings is 1. The Bertz CT molecular complexity index is 1520. The van der Waals surface area contributed by atoms with Gasteiger partial charge in [0.25, 0.3) is 10.0 Å². The Balaban J connectivity index is 1.48. The molecule has 9 nitrogen and oxygen atoms in total. The monoisotopic (exact) mass is 515 g/mol. The molecule has 188 valence electrons. The molecule has 0 atom stereocenters. The van der Waals surface area contributed by atoms with Gasteiger partial charge in [-0.2, -0.15) is 0 Å². The number of anilines is 1. The average molecular weight is 516 g/mol. The number of hydrogen-bond donors (Lipinski definition) is 1. The Morgan fingerprint density at radius 3 is 2.61 bits per heavy atom. The van der Waals surface area contributed by atoms with E-state index in [1.165, 1.54) is 7.11 Å². The summed E-state index contributed by atoms with van der Waals surface area (Å²) in [6, 6.07) is 7.50. The molecule has 5 rings (SSSR count). The van der Waals surface area contributed by atoms with Crippen LogP contribution in [0.25, 0.3) is 16.8 Å². The third kappa shape index (κ3) is 4.87. The number of fused-ring (bicyclic) bond motifs is 1. The molecular weight excluding hydrogens is 492 g/mol. The fourth-order valence-corrected chi connectivity index (χ4v) is 5.15. The minimum Gasteiger partial charge on any atom is -0.480 e. The van der Waals surface area contributed by atoms with Gasteiger partial charge in [-0.15, -0.1) is 0 Å². The number of sulfonamides is 1. The number of nitrogens with one attached hydrogen (secondary N) is 1. The van der Waals surface area contributed by atoms with Crippen LogP contribution in [0.3, 0.4) is 0 Å². The third-order valence-corrected chi connectivity index (χ3v) is 7.28. The van der Waals surface area contributed by atoms with Crippen molar-refractivity contribution in [2.24, 2.45) is 0 Å². The van der Waals surface area contributed by atoms with Crippen LogP contribution in [0.15, 0.2) is 59.9 Å². The number of aromatic nitrogens is 3. The number of methoxy groups -OCH3 is 1. The number of halogens is 2. The molecular formula is C24H23F2N5O4S. The first-order valence-corrected chi connectivity index (χ1v) is 12.6. The molecule has 0 bridgehead atoms. The molecule has 0 saturated carbocycles. The van der Waals surface area contributed by atoms with Crippen molar-refractivity contribution in [3.63, 3.8) is 0 Å². The summed E-state index contributed by atoms with van der Waals surface area (Å²) in [7, 11) is -3.04. The second-order valence-corrected chi connectivity index (χ2v) is 9.90. The first kappa shape index (κ1) is 24.1. The van der Waals surface area contributed by atoms with E-state index in [-0.39, 0.29) is 11.6 Å². The van der Waals surface area contributed by atoms with E-state index in [2.05, 4.69) is 19.6 Å².